The number of benzene rings is 1. The predicted molar refractivity (Wildman–Crippen MR) is 76.4 cm³/mol. The molecule has 0 saturated carbocycles. The van der Waals surface area contributed by atoms with Gasteiger partial charge in [0.05, 0.1) is 11.3 Å². The van der Waals surface area contributed by atoms with Crippen molar-refractivity contribution in [3.8, 4) is 0 Å². The number of amides is 1. The van der Waals surface area contributed by atoms with E-state index in [9.17, 15) is 35.6 Å². The number of rotatable bonds is 8. The summed E-state index contributed by atoms with van der Waals surface area (Å²) in [4.78, 5) is 21.9. The number of hydrogen-bond donors (Lipinski definition) is 3. The molecule has 1 aromatic rings. The minimum absolute atomic E-state index is 0.269. The van der Waals surface area contributed by atoms with Gasteiger partial charge < -0.3 is 10.4 Å². The Labute approximate surface area is 140 Å². The van der Waals surface area contributed by atoms with Crippen molar-refractivity contribution in [2.75, 3.05) is 6.54 Å². The topological polar surface area (TPSA) is 113 Å². The lowest BCUT2D eigenvalue weighted by atomic mass is 10.2. The van der Waals surface area contributed by atoms with Gasteiger partial charge in [-0.05, 0) is 24.3 Å². The Morgan fingerprint density at radius 2 is 1.72 bits per heavy atom. The molecule has 7 nitrogen and oxygen atoms in total. The first-order chi connectivity index (χ1) is 11.4. The standard InChI is InChI=1S/C13H14F4N2O5S/c14-8-1-3-9(4-2-8)25(23,24)18-6-5-11(20)19-10(12(21)22)7-13(15,16)17/h1-4,10,18H,5-7H2,(H,19,20)(H,21,22). The van der Waals surface area contributed by atoms with Crippen LogP contribution >= 0.6 is 0 Å². The fraction of sp³-hybridized carbons (Fsp3) is 0.385. The molecule has 1 rings (SSSR count). The maximum Gasteiger partial charge on any atom is 0.391 e. The van der Waals surface area contributed by atoms with Gasteiger partial charge in [-0.25, -0.2) is 22.3 Å². The van der Waals surface area contributed by atoms with E-state index in [0.717, 1.165) is 24.3 Å². The summed E-state index contributed by atoms with van der Waals surface area (Å²) in [5, 5.41) is 10.3. The van der Waals surface area contributed by atoms with Gasteiger partial charge in [0, 0.05) is 13.0 Å². The van der Waals surface area contributed by atoms with Gasteiger partial charge in [0.15, 0.2) is 0 Å². The summed E-state index contributed by atoms with van der Waals surface area (Å²) in [6.07, 6.45) is -7.13. The highest BCUT2D eigenvalue weighted by Gasteiger charge is 2.36. The quantitative estimate of drug-likeness (QED) is 0.578. The van der Waals surface area contributed by atoms with Crippen LogP contribution in [0.2, 0.25) is 0 Å². The van der Waals surface area contributed by atoms with Crippen LogP contribution in [-0.4, -0.2) is 44.2 Å². The van der Waals surface area contributed by atoms with Gasteiger partial charge >= 0.3 is 12.1 Å². The Balaban J connectivity index is 2.55. The van der Waals surface area contributed by atoms with Gasteiger partial charge in [0.2, 0.25) is 15.9 Å². The summed E-state index contributed by atoms with van der Waals surface area (Å²) >= 11 is 0. The molecular formula is C13H14F4N2O5S. The van der Waals surface area contributed by atoms with Crippen molar-refractivity contribution in [2.24, 2.45) is 0 Å². The Hall–Kier alpha value is -2.21. The van der Waals surface area contributed by atoms with E-state index >= 15 is 0 Å². The summed E-state index contributed by atoms with van der Waals surface area (Å²) in [5.41, 5.74) is 0. The molecule has 1 atom stereocenters. The third kappa shape index (κ3) is 7.47. The van der Waals surface area contributed by atoms with Crippen LogP contribution < -0.4 is 10.0 Å². The lowest BCUT2D eigenvalue weighted by molar-refractivity contribution is -0.159. The highest BCUT2D eigenvalue weighted by Crippen LogP contribution is 2.21. The highest BCUT2D eigenvalue weighted by atomic mass is 32.2. The van der Waals surface area contributed by atoms with E-state index in [-0.39, 0.29) is 4.90 Å². The number of nitrogens with one attached hydrogen (secondary N) is 2. The normalized spacial score (nSPS) is 13.3. The number of sulfonamides is 1. The Morgan fingerprint density at radius 3 is 2.20 bits per heavy atom. The summed E-state index contributed by atoms with van der Waals surface area (Å²) < 4.78 is 75.0. The zero-order valence-corrected chi connectivity index (χ0v) is 13.3. The number of alkyl halides is 3. The summed E-state index contributed by atoms with van der Waals surface area (Å²) in [6, 6.07) is 1.63. The number of aliphatic carboxylic acids is 1. The van der Waals surface area contributed by atoms with Crippen molar-refractivity contribution in [3.63, 3.8) is 0 Å². The number of carboxylic acid groups (broad SMARTS) is 1. The van der Waals surface area contributed by atoms with Crippen molar-refractivity contribution in [1.29, 1.82) is 0 Å². The molecular weight excluding hydrogens is 372 g/mol. The Morgan fingerprint density at radius 1 is 1.16 bits per heavy atom. The molecule has 0 aliphatic heterocycles. The molecule has 25 heavy (non-hydrogen) atoms. The van der Waals surface area contributed by atoms with Gasteiger partial charge in [0.1, 0.15) is 11.9 Å². The summed E-state index contributed by atoms with van der Waals surface area (Å²) in [6.45, 7) is -0.482. The van der Waals surface area contributed by atoms with Gasteiger partial charge in [-0.2, -0.15) is 13.2 Å². The van der Waals surface area contributed by atoms with E-state index in [1.54, 1.807) is 5.32 Å². The zero-order valence-electron chi connectivity index (χ0n) is 12.5. The zero-order chi connectivity index (χ0) is 19.3. The monoisotopic (exact) mass is 386 g/mol. The molecule has 1 amide bonds. The van der Waals surface area contributed by atoms with Crippen LogP contribution in [0.1, 0.15) is 12.8 Å². The molecule has 0 fully saturated rings. The minimum atomic E-state index is -4.79. The van der Waals surface area contributed by atoms with E-state index in [1.165, 1.54) is 0 Å². The van der Waals surface area contributed by atoms with Gasteiger partial charge in [0.25, 0.3) is 0 Å². The largest absolute Gasteiger partial charge is 0.480 e. The van der Waals surface area contributed by atoms with E-state index in [1.807, 2.05) is 4.72 Å². The lowest BCUT2D eigenvalue weighted by Crippen LogP contribution is -2.44. The number of carbonyl (C=O) groups is 2. The van der Waals surface area contributed by atoms with Crippen LogP contribution in [0.4, 0.5) is 17.6 Å². The molecule has 0 radical (unpaired) electrons. The van der Waals surface area contributed by atoms with Gasteiger partial charge in [-0.1, -0.05) is 0 Å². The fourth-order valence-electron chi connectivity index (χ4n) is 1.69. The van der Waals surface area contributed by atoms with Crippen molar-refractivity contribution in [3.05, 3.63) is 30.1 Å². The summed E-state index contributed by atoms with van der Waals surface area (Å²) in [5.74, 6) is -3.58. The van der Waals surface area contributed by atoms with Crippen LogP contribution in [0.3, 0.4) is 0 Å². The third-order valence-corrected chi connectivity index (χ3v) is 4.31. The number of carbonyl (C=O) groups excluding carboxylic acids is 1. The number of carboxylic acids is 1. The second-order valence-electron chi connectivity index (χ2n) is 4.88. The number of halogens is 4. The molecule has 1 unspecified atom stereocenters. The first-order valence-electron chi connectivity index (χ1n) is 6.75. The molecule has 0 saturated heterocycles. The van der Waals surface area contributed by atoms with E-state index in [0.29, 0.717) is 0 Å². The van der Waals surface area contributed by atoms with Crippen molar-refractivity contribution < 1.29 is 40.7 Å². The first kappa shape index (κ1) is 20.8. The van der Waals surface area contributed by atoms with Crippen molar-refractivity contribution in [1.82, 2.24) is 10.0 Å². The second-order valence-corrected chi connectivity index (χ2v) is 6.65. The summed E-state index contributed by atoms with van der Waals surface area (Å²) in [7, 11) is -4.04. The molecule has 0 aliphatic rings. The molecule has 1 aromatic carbocycles. The average Bonchev–Trinajstić information content (AvgIpc) is 2.45. The molecule has 0 aliphatic carbocycles. The highest BCUT2D eigenvalue weighted by molar-refractivity contribution is 7.89. The van der Waals surface area contributed by atoms with Crippen LogP contribution in [0.5, 0.6) is 0 Å². The average molecular weight is 386 g/mol. The molecule has 140 valence electrons. The molecule has 0 bridgehead atoms. The maximum absolute atomic E-state index is 12.7. The lowest BCUT2D eigenvalue weighted by Gasteiger charge is -2.16. The Kier molecular flexibility index (Phi) is 6.87. The smallest absolute Gasteiger partial charge is 0.391 e. The molecule has 0 heterocycles. The first-order valence-corrected chi connectivity index (χ1v) is 8.23. The van der Waals surface area contributed by atoms with Crippen LogP contribution in [-0.2, 0) is 19.6 Å². The molecule has 0 aromatic heterocycles. The second kappa shape index (κ2) is 8.25. The number of hydrogen-bond acceptors (Lipinski definition) is 4. The van der Waals surface area contributed by atoms with Crippen molar-refractivity contribution >= 4 is 21.9 Å². The third-order valence-electron chi connectivity index (χ3n) is 2.84. The van der Waals surface area contributed by atoms with Crippen LogP contribution in [0.15, 0.2) is 29.2 Å². The van der Waals surface area contributed by atoms with Gasteiger partial charge in [-0.3, -0.25) is 4.79 Å². The van der Waals surface area contributed by atoms with Crippen LogP contribution in [0, 0.1) is 5.82 Å². The predicted octanol–water partition coefficient (Wildman–Crippen LogP) is 1.02. The Bertz CT molecular complexity index is 719. The van der Waals surface area contributed by atoms with E-state index < -0.39 is 59.3 Å². The van der Waals surface area contributed by atoms with Crippen molar-refractivity contribution in [2.45, 2.75) is 30.0 Å². The van der Waals surface area contributed by atoms with E-state index in [4.69, 9.17) is 5.11 Å². The fourth-order valence-corrected chi connectivity index (χ4v) is 2.73. The molecule has 3 N–H and O–H groups in total. The maximum atomic E-state index is 12.7. The minimum Gasteiger partial charge on any atom is -0.480 e. The van der Waals surface area contributed by atoms with Gasteiger partial charge in [-0.15, -0.1) is 0 Å². The molecule has 0 spiro atoms. The van der Waals surface area contributed by atoms with E-state index in [2.05, 4.69) is 0 Å². The molecule has 12 heteroatoms. The van der Waals surface area contributed by atoms with Crippen LogP contribution in [0.25, 0.3) is 0 Å². The SMILES string of the molecule is O=C(CCNS(=O)(=O)c1ccc(F)cc1)NC(CC(F)(F)F)C(=O)O.